The SMILES string of the molecule is CC1(C)CC(CN2CCN(C(=O)Oc3c(Cl)cccc3Cl)C2=N[N+](=O)[O-])CO1. The normalized spacial score (nSPS) is 22.7. The van der Waals surface area contributed by atoms with E-state index in [0.717, 1.165) is 11.3 Å². The summed E-state index contributed by atoms with van der Waals surface area (Å²) in [5.74, 6) is 0.115. The van der Waals surface area contributed by atoms with Crippen LogP contribution in [-0.4, -0.2) is 58.7 Å². The molecule has 11 heteroatoms. The van der Waals surface area contributed by atoms with Crippen LogP contribution in [0.4, 0.5) is 4.79 Å². The van der Waals surface area contributed by atoms with E-state index >= 15 is 0 Å². The van der Waals surface area contributed by atoms with Crippen molar-refractivity contribution in [1.29, 1.82) is 0 Å². The lowest BCUT2D eigenvalue weighted by atomic mass is 9.97. The summed E-state index contributed by atoms with van der Waals surface area (Å²) < 4.78 is 11.0. The molecule has 2 aliphatic rings. The Morgan fingerprint density at radius 2 is 2.07 bits per heavy atom. The number of ether oxygens (including phenoxy) is 2. The zero-order valence-corrected chi connectivity index (χ0v) is 16.9. The highest BCUT2D eigenvalue weighted by Gasteiger charge is 2.39. The maximum atomic E-state index is 12.6. The molecule has 9 nitrogen and oxygen atoms in total. The van der Waals surface area contributed by atoms with Gasteiger partial charge in [-0.15, -0.1) is 0 Å². The second kappa shape index (κ2) is 8.10. The highest BCUT2D eigenvalue weighted by Crippen LogP contribution is 2.33. The van der Waals surface area contributed by atoms with E-state index < -0.39 is 11.1 Å². The Morgan fingerprint density at radius 1 is 1.39 bits per heavy atom. The molecule has 1 aromatic carbocycles. The van der Waals surface area contributed by atoms with Crippen molar-refractivity contribution < 1.29 is 19.3 Å². The van der Waals surface area contributed by atoms with Gasteiger partial charge in [0.15, 0.2) is 10.8 Å². The standard InChI is InChI=1S/C17H20Cl2N4O5/c1-17(2)8-11(10-27-17)9-21-6-7-22(15(21)20-23(25)26)16(24)28-14-12(18)4-3-5-13(14)19/h3-5,11H,6-10H2,1-2H3. The Hall–Kier alpha value is -2.10. The number of para-hydroxylation sites is 1. The molecule has 2 fully saturated rings. The molecule has 1 unspecified atom stereocenters. The monoisotopic (exact) mass is 430 g/mol. The molecule has 1 aromatic rings. The molecule has 2 saturated heterocycles. The van der Waals surface area contributed by atoms with Crippen LogP contribution in [0.1, 0.15) is 20.3 Å². The maximum Gasteiger partial charge on any atom is 0.422 e. The van der Waals surface area contributed by atoms with Crippen molar-refractivity contribution >= 4 is 35.3 Å². The van der Waals surface area contributed by atoms with E-state index in [-0.39, 0.29) is 39.8 Å². The summed E-state index contributed by atoms with van der Waals surface area (Å²) in [5.41, 5.74) is -0.232. The molecule has 0 N–H and O–H groups in total. The molecule has 2 aliphatic heterocycles. The predicted molar refractivity (Wildman–Crippen MR) is 103 cm³/mol. The number of nitro groups is 1. The molecule has 0 aliphatic carbocycles. The van der Waals surface area contributed by atoms with E-state index in [0.29, 0.717) is 19.7 Å². The van der Waals surface area contributed by atoms with Crippen molar-refractivity contribution in [1.82, 2.24) is 9.80 Å². The second-order valence-corrected chi connectivity index (χ2v) is 8.11. The first-order valence-corrected chi connectivity index (χ1v) is 9.47. The summed E-state index contributed by atoms with van der Waals surface area (Å²) in [4.78, 5) is 26.5. The van der Waals surface area contributed by atoms with Gasteiger partial charge in [0.1, 0.15) is 5.10 Å². The van der Waals surface area contributed by atoms with Gasteiger partial charge in [-0.05, 0) is 32.4 Å². The molecule has 152 valence electrons. The van der Waals surface area contributed by atoms with Crippen molar-refractivity contribution in [2.75, 3.05) is 26.2 Å². The van der Waals surface area contributed by atoms with Crippen molar-refractivity contribution in [2.24, 2.45) is 11.0 Å². The first kappa shape index (κ1) is 20.6. The smallest absolute Gasteiger partial charge is 0.407 e. The van der Waals surface area contributed by atoms with Crippen LogP contribution < -0.4 is 4.74 Å². The number of hydrogen-bond donors (Lipinski definition) is 0. The summed E-state index contributed by atoms with van der Waals surface area (Å²) in [6, 6.07) is 4.67. The predicted octanol–water partition coefficient (Wildman–Crippen LogP) is 3.47. The fourth-order valence-corrected chi connectivity index (χ4v) is 3.91. The molecule has 0 spiro atoms. The van der Waals surface area contributed by atoms with E-state index in [1.807, 2.05) is 13.8 Å². The molecule has 1 amide bonds. The van der Waals surface area contributed by atoms with Crippen molar-refractivity contribution in [3.63, 3.8) is 0 Å². The van der Waals surface area contributed by atoms with Crippen molar-refractivity contribution in [3.8, 4) is 5.75 Å². The Labute approximate surface area is 171 Å². The molecular formula is C17H20Cl2N4O5. The van der Waals surface area contributed by atoms with Gasteiger partial charge in [-0.1, -0.05) is 29.3 Å². The average molecular weight is 431 g/mol. The minimum absolute atomic E-state index is 0.000629. The quantitative estimate of drug-likeness (QED) is 0.535. The Kier molecular flexibility index (Phi) is 5.97. The number of rotatable bonds is 4. The second-order valence-electron chi connectivity index (χ2n) is 7.30. The van der Waals surface area contributed by atoms with Crippen molar-refractivity contribution in [2.45, 2.75) is 25.9 Å². The van der Waals surface area contributed by atoms with Crippen LogP contribution in [0.2, 0.25) is 10.0 Å². The third-order valence-corrected chi connectivity index (χ3v) is 5.18. The number of halogens is 2. The topological polar surface area (TPSA) is 97.5 Å². The molecule has 3 rings (SSSR count). The third-order valence-electron chi connectivity index (χ3n) is 4.59. The highest BCUT2D eigenvalue weighted by atomic mass is 35.5. The number of carbonyl (C=O) groups excluding carboxylic acids is 1. The Balaban J connectivity index is 1.75. The average Bonchev–Trinajstić information content (AvgIpc) is 3.14. The van der Waals surface area contributed by atoms with Gasteiger partial charge in [0.25, 0.3) is 5.96 Å². The number of carbonyl (C=O) groups is 1. The maximum absolute atomic E-state index is 12.6. The van der Waals surface area contributed by atoms with Gasteiger partial charge < -0.3 is 14.4 Å². The molecule has 2 heterocycles. The van der Waals surface area contributed by atoms with E-state index in [9.17, 15) is 14.9 Å². The van der Waals surface area contributed by atoms with Crippen LogP contribution in [0.25, 0.3) is 0 Å². The molecule has 28 heavy (non-hydrogen) atoms. The van der Waals surface area contributed by atoms with Gasteiger partial charge in [-0.3, -0.25) is 0 Å². The van der Waals surface area contributed by atoms with Crippen LogP contribution in [0.5, 0.6) is 5.75 Å². The van der Waals surface area contributed by atoms with Gasteiger partial charge in [0, 0.05) is 19.0 Å². The molecule has 0 radical (unpaired) electrons. The van der Waals surface area contributed by atoms with E-state index in [1.54, 1.807) is 11.0 Å². The van der Waals surface area contributed by atoms with Gasteiger partial charge in [0.05, 0.1) is 28.8 Å². The fourth-order valence-electron chi connectivity index (χ4n) is 3.44. The molecule has 0 bridgehead atoms. The first-order valence-electron chi connectivity index (χ1n) is 8.71. The number of hydrogen-bond acceptors (Lipinski definition) is 5. The third kappa shape index (κ3) is 4.65. The Morgan fingerprint density at radius 3 is 2.64 bits per heavy atom. The number of guanidine groups is 1. The zero-order valence-electron chi connectivity index (χ0n) is 15.4. The minimum atomic E-state index is -0.832. The lowest BCUT2D eigenvalue weighted by molar-refractivity contribution is -0.486. The summed E-state index contributed by atoms with van der Waals surface area (Å²) in [6.45, 7) is 5.64. The van der Waals surface area contributed by atoms with E-state index in [4.69, 9.17) is 32.7 Å². The van der Waals surface area contributed by atoms with Crippen LogP contribution in [0, 0.1) is 16.0 Å². The summed E-state index contributed by atoms with van der Waals surface area (Å²) in [7, 11) is 0. The Bertz CT molecular complexity index is 796. The van der Waals surface area contributed by atoms with Crippen LogP contribution in [-0.2, 0) is 4.74 Å². The van der Waals surface area contributed by atoms with Gasteiger partial charge >= 0.3 is 6.09 Å². The van der Waals surface area contributed by atoms with E-state index in [2.05, 4.69) is 5.10 Å². The summed E-state index contributed by atoms with van der Waals surface area (Å²) >= 11 is 12.1. The molecule has 0 saturated carbocycles. The molecule has 1 atom stereocenters. The fraction of sp³-hybridized carbons (Fsp3) is 0.529. The summed E-state index contributed by atoms with van der Waals surface area (Å²) in [6.07, 6.45) is -0.0179. The zero-order chi connectivity index (χ0) is 20.5. The lowest BCUT2D eigenvalue weighted by Gasteiger charge is -2.22. The number of nitrogens with zero attached hydrogens (tertiary/aromatic N) is 4. The van der Waals surface area contributed by atoms with Crippen LogP contribution in [0.15, 0.2) is 23.3 Å². The van der Waals surface area contributed by atoms with Gasteiger partial charge in [-0.25, -0.2) is 19.8 Å². The van der Waals surface area contributed by atoms with Gasteiger partial charge in [-0.2, -0.15) is 0 Å². The number of amides is 1. The first-order chi connectivity index (χ1) is 13.2. The van der Waals surface area contributed by atoms with Gasteiger partial charge in [0.2, 0.25) is 0 Å². The highest BCUT2D eigenvalue weighted by molar-refractivity contribution is 6.37. The van der Waals surface area contributed by atoms with Crippen LogP contribution >= 0.6 is 23.2 Å². The van der Waals surface area contributed by atoms with Crippen LogP contribution in [0.3, 0.4) is 0 Å². The number of benzene rings is 1. The minimum Gasteiger partial charge on any atom is -0.407 e. The summed E-state index contributed by atoms with van der Waals surface area (Å²) in [5, 5.41) is 13.9. The lowest BCUT2D eigenvalue weighted by Crippen LogP contribution is -2.41. The molecular weight excluding hydrogens is 411 g/mol. The van der Waals surface area contributed by atoms with E-state index in [1.165, 1.54) is 12.1 Å². The van der Waals surface area contributed by atoms with Crippen molar-refractivity contribution in [3.05, 3.63) is 38.4 Å². The largest absolute Gasteiger partial charge is 0.422 e. The number of hydrazone groups is 1. The molecule has 0 aromatic heterocycles.